The minimum Gasteiger partial charge on any atom is -0.484 e. The molecule has 0 aliphatic heterocycles. The highest BCUT2D eigenvalue weighted by atomic mass is 19.4. The Bertz CT molecular complexity index is 506. The van der Waals surface area contributed by atoms with Crippen molar-refractivity contribution in [3.05, 3.63) is 28.8 Å². The zero-order valence-electron chi connectivity index (χ0n) is 12.8. The highest BCUT2D eigenvalue weighted by Gasteiger charge is 2.29. The number of aliphatic carboxylic acids is 1. The van der Waals surface area contributed by atoms with Crippen LogP contribution < -0.4 is 4.74 Å². The van der Waals surface area contributed by atoms with Crippen LogP contribution in [0.3, 0.4) is 0 Å². The van der Waals surface area contributed by atoms with Crippen LogP contribution in [0, 0.1) is 13.8 Å². The van der Waals surface area contributed by atoms with Crippen LogP contribution in [-0.4, -0.2) is 42.4 Å². The smallest absolute Gasteiger partial charge is 0.422 e. The number of hydrogen-bond donors (Lipinski definition) is 1. The third-order valence-electron chi connectivity index (χ3n) is 3.06. The maximum atomic E-state index is 12.2. The number of rotatable bonds is 7. The number of hydrogen-bond acceptors (Lipinski definition) is 3. The van der Waals surface area contributed by atoms with E-state index in [4.69, 9.17) is 9.84 Å². The number of aryl methyl sites for hydroxylation is 2. The van der Waals surface area contributed by atoms with Gasteiger partial charge in [-0.1, -0.05) is 12.1 Å². The fraction of sp³-hybridized carbons (Fsp3) is 0.533. The second kappa shape index (κ2) is 7.49. The number of alkyl halides is 3. The van der Waals surface area contributed by atoms with Crippen molar-refractivity contribution in [1.82, 2.24) is 4.90 Å². The van der Waals surface area contributed by atoms with E-state index >= 15 is 0 Å². The van der Waals surface area contributed by atoms with Gasteiger partial charge in [0.15, 0.2) is 6.61 Å². The van der Waals surface area contributed by atoms with Crippen LogP contribution in [0.15, 0.2) is 12.1 Å². The average Bonchev–Trinajstić information content (AvgIpc) is 2.34. The van der Waals surface area contributed by atoms with Crippen LogP contribution in [-0.2, 0) is 11.3 Å². The quantitative estimate of drug-likeness (QED) is 0.839. The molecule has 1 N–H and O–H groups in total. The normalized spacial score (nSPS) is 11.8. The van der Waals surface area contributed by atoms with E-state index in [1.165, 1.54) is 0 Å². The van der Waals surface area contributed by atoms with Crippen molar-refractivity contribution in [2.75, 3.05) is 20.2 Å². The molecule has 0 aliphatic rings. The molecule has 7 heteroatoms. The maximum absolute atomic E-state index is 12.2. The average molecular weight is 319 g/mol. The Morgan fingerprint density at radius 1 is 1.27 bits per heavy atom. The summed E-state index contributed by atoms with van der Waals surface area (Å²) in [6.45, 7) is 3.00. The van der Waals surface area contributed by atoms with E-state index in [1.54, 1.807) is 33.0 Å². The molecule has 0 heterocycles. The van der Waals surface area contributed by atoms with E-state index < -0.39 is 18.8 Å². The first-order valence-electron chi connectivity index (χ1n) is 6.78. The van der Waals surface area contributed by atoms with Gasteiger partial charge in [0.1, 0.15) is 5.75 Å². The number of benzene rings is 1. The van der Waals surface area contributed by atoms with Gasteiger partial charge < -0.3 is 14.7 Å². The van der Waals surface area contributed by atoms with Crippen LogP contribution in [0.25, 0.3) is 0 Å². The number of carboxylic acid groups (broad SMARTS) is 1. The van der Waals surface area contributed by atoms with Crippen molar-refractivity contribution in [2.45, 2.75) is 33.0 Å². The molecule has 0 saturated carbocycles. The van der Waals surface area contributed by atoms with Crippen LogP contribution >= 0.6 is 0 Å². The van der Waals surface area contributed by atoms with Gasteiger partial charge in [-0.05, 0) is 37.6 Å². The predicted molar refractivity (Wildman–Crippen MR) is 76.1 cm³/mol. The lowest BCUT2D eigenvalue weighted by atomic mass is 10.1. The minimum atomic E-state index is -4.37. The third kappa shape index (κ3) is 6.34. The SMILES string of the molecule is Cc1cc(CN(C)CCC(=O)O)cc(C)c1OCC(F)(F)F. The molecular weight excluding hydrogens is 299 g/mol. The third-order valence-corrected chi connectivity index (χ3v) is 3.06. The molecule has 0 saturated heterocycles. The van der Waals surface area contributed by atoms with E-state index in [0.717, 1.165) is 5.56 Å². The van der Waals surface area contributed by atoms with Crippen LogP contribution in [0.2, 0.25) is 0 Å². The summed E-state index contributed by atoms with van der Waals surface area (Å²) in [5, 5.41) is 8.64. The molecule has 1 aromatic carbocycles. The molecule has 0 radical (unpaired) electrons. The highest BCUT2D eigenvalue weighted by molar-refractivity contribution is 5.66. The van der Waals surface area contributed by atoms with Crippen LogP contribution in [0.1, 0.15) is 23.1 Å². The topological polar surface area (TPSA) is 49.8 Å². The fourth-order valence-electron chi connectivity index (χ4n) is 2.19. The van der Waals surface area contributed by atoms with Gasteiger partial charge in [0.2, 0.25) is 0 Å². The van der Waals surface area contributed by atoms with Crippen molar-refractivity contribution < 1.29 is 27.8 Å². The number of nitrogens with zero attached hydrogens (tertiary/aromatic N) is 1. The molecule has 0 atom stereocenters. The summed E-state index contributed by atoms with van der Waals surface area (Å²) >= 11 is 0. The Labute approximate surface area is 127 Å². The van der Waals surface area contributed by atoms with Crippen molar-refractivity contribution in [3.63, 3.8) is 0 Å². The second-order valence-electron chi connectivity index (χ2n) is 5.34. The molecule has 1 aromatic rings. The summed E-state index contributed by atoms with van der Waals surface area (Å²) in [7, 11) is 1.79. The van der Waals surface area contributed by atoms with Crippen molar-refractivity contribution in [1.29, 1.82) is 0 Å². The van der Waals surface area contributed by atoms with Crippen LogP contribution in [0.5, 0.6) is 5.75 Å². The highest BCUT2D eigenvalue weighted by Crippen LogP contribution is 2.27. The number of carbonyl (C=O) groups is 1. The van der Waals surface area contributed by atoms with Gasteiger partial charge in [-0.2, -0.15) is 13.2 Å². The van der Waals surface area contributed by atoms with E-state index in [2.05, 4.69) is 0 Å². The molecule has 0 aromatic heterocycles. The minimum absolute atomic E-state index is 0.0429. The van der Waals surface area contributed by atoms with Crippen LogP contribution in [0.4, 0.5) is 13.2 Å². The lowest BCUT2D eigenvalue weighted by Gasteiger charge is -2.19. The van der Waals surface area contributed by atoms with Crippen molar-refractivity contribution in [2.24, 2.45) is 0 Å². The molecule has 0 bridgehead atoms. The monoisotopic (exact) mass is 319 g/mol. The molecule has 0 amide bonds. The Balaban J connectivity index is 2.74. The van der Waals surface area contributed by atoms with Gasteiger partial charge in [-0.15, -0.1) is 0 Å². The molecular formula is C15H20F3NO3. The molecule has 4 nitrogen and oxygen atoms in total. The standard InChI is InChI=1S/C15H20F3NO3/c1-10-6-12(8-19(3)5-4-13(20)21)7-11(2)14(10)22-9-15(16,17)18/h6-7H,4-5,8-9H2,1-3H3,(H,20,21). The molecule has 0 aliphatic carbocycles. The Morgan fingerprint density at radius 2 is 1.82 bits per heavy atom. The Hall–Kier alpha value is -1.76. The van der Waals surface area contributed by atoms with E-state index in [9.17, 15) is 18.0 Å². The predicted octanol–water partition coefficient (Wildman–Crippen LogP) is 3.15. The lowest BCUT2D eigenvalue weighted by molar-refractivity contribution is -0.153. The van der Waals surface area contributed by atoms with Crippen molar-refractivity contribution >= 4 is 5.97 Å². The Morgan fingerprint density at radius 3 is 2.27 bits per heavy atom. The second-order valence-corrected chi connectivity index (χ2v) is 5.34. The summed E-state index contributed by atoms with van der Waals surface area (Å²) in [6.07, 6.45) is -4.32. The first kappa shape index (κ1) is 18.3. The van der Waals surface area contributed by atoms with Gasteiger partial charge in [0, 0.05) is 13.1 Å². The van der Waals surface area contributed by atoms with Gasteiger partial charge in [0.25, 0.3) is 0 Å². The van der Waals surface area contributed by atoms with Crippen molar-refractivity contribution in [3.8, 4) is 5.75 Å². The summed E-state index contributed by atoms with van der Waals surface area (Å²) in [5.41, 5.74) is 2.17. The molecule has 0 fully saturated rings. The number of carboxylic acids is 1. The van der Waals surface area contributed by atoms with E-state index in [-0.39, 0.29) is 12.2 Å². The summed E-state index contributed by atoms with van der Waals surface area (Å²) in [4.78, 5) is 12.4. The lowest BCUT2D eigenvalue weighted by Crippen LogP contribution is -2.22. The van der Waals surface area contributed by atoms with Gasteiger partial charge in [-0.25, -0.2) is 0 Å². The first-order valence-corrected chi connectivity index (χ1v) is 6.78. The maximum Gasteiger partial charge on any atom is 0.422 e. The molecule has 124 valence electrons. The van der Waals surface area contributed by atoms with E-state index in [0.29, 0.717) is 24.2 Å². The summed E-state index contributed by atoms with van der Waals surface area (Å²) in [5.74, 6) is -0.621. The molecule has 1 rings (SSSR count). The summed E-state index contributed by atoms with van der Waals surface area (Å²) in [6, 6.07) is 3.52. The largest absolute Gasteiger partial charge is 0.484 e. The zero-order chi connectivity index (χ0) is 16.9. The number of ether oxygens (including phenoxy) is 1. The first-order chi connectivity index (χ1) is 10.1. The van der Waals surface area contributed by atoms with Gasteiger partial charge >= 0.3 is 12.1 Å². The summed E-state index contributed by atoms with van der Waals surface area (Å²) < 4.78 is 41.5. The molecule has 0 unspecified atom stereocenters. The molecule has 0 spiro atoms. The van der Waals surface area contributed by atoms with Gasteiger partial charge in [0.05, 0.1) is 6.42 Å². The fourth-order valence-corrected chi connectivity index (χ4v) is 2.19. The van der Waals surface area contributed by atoms with E-state index in [1.807, 2.05) is 4.90 Å². The number of halogens is 3. The molecule has 22 heavy (non-hydrogen) atoms. The zero-order valence-corrected chi connectivity index (χ0v) is 12.8. The van der Waals surface area contributed by atoms with Gasteiger partial charge in [-0.3, -0.25) is 4.79 Å². The Kier molecular flexibility index (Phi) is 6.22.